The normalized spacial score (nSPS) is 32.0. The zero-order valence-electron chi connectivity index (χ0n) is 7.08. The minimum absolute atomic E-state index is 0.205. The minimum Gasteiger partial charge on any atom is -0.465 e. The summed E-state index contributed by atoms with van der Waals surface area (Å²) in [7, 11) is 0. The Kier molecular flexibility index (Phi) is 2.37. The van der Waals surface area contributed by atoms with Crippen LogP contribution in [-0.2, 0) is 0 Å². The summed E-state index contributed by atoms with van der Waals surface area (Å²) in [6.07, 6.45) is 2.41. The van der Waals surface area contributed by atoms with Crippen molar-refractivity contribution in [3.05, 3.63) is 0 Å². The second-order valence-electron chi connectivity index (χ2n) is 3.32. The average Bonchev–Trinajstić information content (AvgIpc) is 1.85. The molecule has 1 heterocycles. The lowest BCUT2D eigenvalue weighted by Gasteiger charge is -2.36. The standard InChI is InChI=1S/C8H15NO2/c1-6-4-3-5-7(2)9(6)8(10)11/h6-7H,3-5H2,1-2H3,(H,10,11)/t6-,7+. The molecule has 1 rings (SSSR count). The number of carbonyl (C=O) groups is 1. The lowest BCUT2D eigenvalue weighted by atomic mass is 9.98. The second kappa shape index (κ2) is 3.11. The molecule has 1 aliphatic heterocycles. The Morgan fingerprint density at radius 1 is 1.36 bits per heavy atom. The molecule has 11 heavy (non-hydrogen) atoms. The Balaban J connectivity index is 2.62. The maximum atomic E-state index is 10.7. The molecule has 0 bridgehead atoms. The van der Waals surface area contributed by atoms with Gasteiger partial charge in [-0.05, 0) is 33.1 Å². The van der Waals surface area contributed by atoms with Crippen molar-refractivity contribution in [1.82, 2.24) is 4.90 Å². The SMILES string of the molecule is C[C@@H]1CCC[C@H](C)N1C(=O)O. The number of carboxylic acid groups (broad SMARTS) is 1. The first kappa shape index (κ1) is 8.37. The third-order valence-electron chi connectivity index (χ3n) is 2.41. The van der Waals surface area contributed by atoms with Gasteiger partial charge in [-0.3, -0.25) is 0 Å². The van der Waals surface area contributed by atoms with Crippen molar-refractivity contribution in [3.8, 4) is 0 Å². The zero-order valence-corrected chi connectivity index (χ0v) is 7.08. The molecule has 0 aromatic carbocycles. The van der Waals surface area contributed by atoms with Crippen LogP contribution in [0.2, 0.25) is 0 Å². The van der Waals surface area contributed by atoms with E-state index in [4.69, 9.17) is 5.11 Å². The molecule has 0 spiro atoms. The highest BCUT2D eigenvalue weighted by Crippen LogP contribution is 2.21. The van der Waals surface area contributed by atoms with Gasteiger partial charge in [0.2, 0.25) is 0 Å². The molecular weight excluding hydrogens is 142 g/mol. The van der Waals surface area contributed by atoms with Crippen molar-refractivity contribution in [2.75, 3.05) is 0 Å². The van der Waals surface area contributed by atoms with E-state index in [-0.39, 0.29) is 12.1 Å². The predicted octanol–water partition coefficient (Wildman–Crippen LogP) is 1.93. The summed E-state index contributed by atoms with van der Waals surface area (Å²) in [6.45, 7) is 3.95. The lowest BCUT2D eigenvalue weighted by molar-refractivity contribution is 0.0838. The first-order valence-corrected chi connectivity index (χ1v) is 4.14. The molecule has 3 heteroatoms. The fourth-order valence-corrected chi connectivity index (χ4v) is 1.80. The van der Waals surface area contributed by atoms with Gasteiger partial charge in [0.25, 0.3) is 0 Å². The van der Waals surface area contributed by atoms with Gasteiger partial charge in [-0.1, -0.05) is 0 Å². The van der Waals surface area contributed by atoms with E-state index in [1.54, 1.807) is 4.90 Å². The van der Waals surface area contributed by atoms with Gasteiger partial charge < -0.3 is 10.0 Å². The van der Waals surface area contributed by atoms with E-state index in [2.05, 4.69) is 0 Å². The number of nitrogens with zero attached hydrogens (tertiary/aromatic N) is 1. The fourth-order valence-electron chi connectivity index (χ4n) is 1.80. The Bertz CT molecular complexity index is 148. The summed E-state index contributed by atoms with van der Waals surface area (Å²) in [6, 6.07) is 0.410. The number of likely N-dealkylation sites (tertiary alicyclic amines) is 1. The van der Waals surface area contributed by atoms with Gasteiger partial charge in [0.05, 0.1) is 0 Å². The van der Waals surface area contributed by atoms with E-state index in [0.717, 1.165) is 19.3 Å². The van der Waals surface area contributed by atoms with E-state index in [9.17, 15) is 4.79 Å². The minimum atomic E-state index is -0.773. The topological polar surface area (TPSA) is 40.5 Å². The van der Waals surface area contributed by atoms with Crippen molar-refractivity contribution >= 4 is 6.09 Å². The number of amides is 1. The van der Waals surface area contributed by atoms with E-state index in [0.29, 0.717) is 0 Å². The van der Waals surface area contributed by atoms with Crippen LogP contribution in [0.5, 0.6) is 0 Å². The fraction of sp³-hybridized carbons (Fsp3) is 0.875. The second-order valence-corrected chi connectivity index (χ2v) is 3.32. The van der Waals surface area contributed by atoms with E-state index >= 15 is 0 Å². The summed E-state index contributed by atoms with van der Waals surface area (Å²) in [5.74, 6) is 0. The van der Waals surface area contributed by atoms with Crippen LogP contribution in [0.25, 0.3) is 0 Å². The highest BCUT2D eigenvalue weighted by Gasteiger charge is 2.28. The molecule has 1 aliphatic rings. The van der Waals surface area contributed by atoms with Crippen molar-refractivity contribution < 1.29 is 9.90 Å². The molecule has 0 radical (unpaired) electrons. The molecule has 1 saturated heterocycles. The molecule has 1 fully saturated rings. The van der Waals surface area contributed by atoms with Crippen molar-refractivity contribution in [1.29, 1.82) is 0 Å². The Morgan fingerprint density at radius 3 is 2.09 bits per heavy atom. The van der Waals surface area contributed by atoms with Gasteiger partial charge >= 0.3 is 6.09 Å². The van der Waals surface area contributed by atoms with Crippen LogP contribution in [0.15, 0.2) is 0 Å². The number of rotatable bonds is 0. The monoisotopic (exact) mass is 157 g/mol. The van der Waals surface area contributed by atoms with Crippen LogP contribution < -0.4 is 0 Å². The summed E-state index contributed by atoms with van der Waals surface area (Å²) in [5.41, 5.74) is 0. The van der Waals surface area contributed by atoms with Crippen LogP contribution in [-0.4, -0.2) is 28.2 Å². The number of hydrogen-bond acceptors (Lipinski definition) is 1. The van der Waals surface area contributed by atoms with Gasteiger partial charge in [-0.2, -0.15) is 0 Å². The largest absolute Gasteiger partial charge is 0.465 e. The first-order valence-electron chi connectivity index (χ1n) is 4.14. The molecule has 0 unspecified atom stereocenters. The van der Waals surface area contributed by atoms with E-state index < -0.39 is 6.09 Å². The maximum absolute atomic E-state index is 10.7. The molecule has 3 nitrogen and oxygen atoms in total. The lowest BCUT2D eigenvalue weighted by Crippen LogP contribution is -2.46. The molecule has 64 valence electrons. The summed E-state index contributed by atoms with van der Waals surface area (Å²) in [5, 5.41) is 8.80. The van der Waals surface area contributed by atoms with Gasteiger partial charge in [0.15, 0.2) is 0 Å². The third-order valence-corrected chi connectivity index (χ3v) is 2.41. The predicted molar refractivity (Wildman–Crippen MR) is 42.6 cm³/mol. The number of piperidine rings is 1. The molecule has 1 amide bonds. The quantitative estimate of drug-likeness (QED) is 0.583. The number of hydrogen-bond donors (Lipinski definition) is 1. The van der Waals surface area contributed by atoms with Crippen LogP contribution >= 0.6 is 0 Å². The van der Waals surface area contributed by atoms with Crippen LogP contribution in [0.4, 0.5) is 4.79 Å². The van der Waals surface area contributed by atoms with E-state index in [1.165, 1.54) is 0 Å². The Hall–Kier alpha value is -0.730. The van der Waals surface area contributed by atoms with Crippen molar-refractivity contribution in [3.63, 3.8) is 0 Å². The van der Waals surface area contributed by atoms with Crippen LogP contribution in [0.1, 0.15) is 33.1 Å². The molecule has 0 aliphatic carbocycles. The molecule has 0 saturated carbocycles. The molecule has 0 aromatic heterocycles. The van der Waals surface area contributed by atoms with Gasteiger partial charge in [0.1, 0.15) is 0 Å². The molecule has 2 atom stereocenters. The van der Waals surface area contributed by atoms with Crippen molar-refractivity contribution in [2.45, 2.75) is 45.2 Å². The summed E-state index contributed by atoms with van der Waals surface area (Å²) in [4.78, 5) is 12.3. The van der Waals surface area contributed by atoms with E-state index in [1.807, 2.05) is 13.8 Å². The summed E-state index contributed by atoms with van der Waals surface area (Å²) < 4.78 is 0. The van der Waals surface area contributed by atoms with Gasteiger partial charge in [-0.25, -0.2) is 4.79 Å². The summed E-state index contributed by atoms with van der Waals surface area (Å²) >= 11 is 0. The Morgan fingerprint density at radius 2 is 1.82 bits per heavy atom. The first-order chi connectivity index (χ1) is 5.13. The van der Waals surface area contributed by atoms with Crippen LogP contribution in [0, 0.1) is 0 Å². The molecule has 0 aromatic rings. The van der Waals surface area contributed by atoms with Crippen LogP contribution in [0.3, 0.4) is 0 Å². The zero-order chi connectivity index (χ0) is 8.43. The van der Waals surface area contributed by atoms with Gasteiger partial charge in [-0.15, -0.1) is 0 Å². The highest BCUT2D eigenvalue weighted by molar-refractivity contribution is 5.65. The highest BCUT2D eigenvalue weighted by atomic mass is 16.4. The third kappa shape index (κ3) is 1.64. The smallest absolute Gasteiger partial charge is 0.407 e. The molecule has 1 N–H and O–H groups in total. The average molecular weight is 157 g/mol. The molecular formula is C8H15NO2. The van der Waals surface area contributed by atoms with Gasteiger partial charge in [0, 0.05) is 12.1 Å². The van der Waals surface area contributed by atoms with Crippen molar-refractivity contribution in [2.24, 2.45) is 0 Å². The Labute approximate surface area is 67.0 Å². The maximum Gasteiger partial charge on any atom is 0.407 e.